The maximum Gasteiger partial charge on any atom is 0.160 e. The number of aromatic nitrogens is 4. The van der Waals surface area contributed by atoms with Crippen molar-refractivity contribution in [2.24, 2.45) is 18.9 Å². The molecule has 2 aromatic heterocycles. The summed E-state index contributed by atoms with van der Waals surface area (Å²) in [5.74, 6) is 3.45. The Morgan fingerprint density at radius 2 is 2.00 bits per heavy atom. The van der Waals surface area contributed by atoms with Gasteiger partial charge in [0.25, 0.3) is 0 Å². The van der Waals surface area contributed by atoms with Crippen LogP contribution in [-0.4, -0.2) is 56.4 Å². The second kappa shape index (κ2) is 7.47. The highest BCUT2D eigenvalue weighted by Gasteiger charge is 2.46. The van der Waals surface area contributed by atoms with Crippen LogP contribution in [0.2, 0.25) is 0 Å². The average Bonchev–Trinajstić information content (AvgIpc) is 3.17. The zero-order valence-corrected chi connectivity index (χ0v) is 17.2. The monoisotopic (exact) mass is 380 g/mol. The van der Waals surface area contributed by atoms with Crippen LogP contribution in [0.5, 0.6) is 0 Å². The number of fused-ring (bicyclic) bond motifs is 4. The second-order valence-electron chi connectivity index (χ2n) is 8.96. The summed E-state index contributed by atoms with van der Waals surface area (Å²) in [6, 6.07) is 5.76. The van der Waals surface area contributed by atoms with E-state index in [0.29, 0.717) is 0 Å². The van der Waals surface area contributed by atoms with Crippen molar-refractivity contribution >= 4 is 5.82 Å². The van der Waals surface area contributed by atoms with E-state index in [1.54, 1.807) is 6.20 Å². The molecule has 6 heteroatoms. The number of imidazole rings is 1. The lowest BCUT2D eigenvalue weighted by atomic mass is 9.71. The molecule has 2 aromatic rings. The van der Waals surface area contributed by atoms with Gasteiger partial charge in [-0.05, 0) is 56.2 Å². The molecule has 3 aliphatic heterocycles. The number of hydrogen-bond donors (Lipinski definition) is 0. The first kappa shape index (κ1) is 18.1. The van der Waals surface area contributed by atoms with Crippen LogP contribution in [0, 0.1) is 11.8 Å². The molecule has 3 aliphatic rings. The highest BCUT2D eigenvalue weighted by Crippen LogP contribution is 2.43. The van der Waals surface area contributed by atoms with E-state index in [1.165, 1.54) is 45.1 Å². The minimum absolute atomic E-state index is 0.758. The normalized spacial score (nSPS) is 30.3. The highest BCUT2D eigenvalue weighted by molar-refractivity contribution is 5.52. The fourth-order valence-electron chi connectivity index (χ4n) is 6.01. The third-order valence-corrected chi connectivity index (χ3v) is 7.23. The van der Waals surface area contributed by atoms with Gasteiger partial charge in [0.05, 0.1) is 0 Å². The summed E-state index contributed by atoms with van der Waals surface area (Å²) < 4.78 is 1.99. The first-order valence-electron chi connectivity index (χ1n) is 11.1. The van der Waals surface area contributed by atoms with Gasteiger partial charge in [0, 0.05) is 44.6 Å². The minimum Gasteiger partial charge on any atom is -0.354 e. The van der Waals surface area contributed by atoms with Gasteiger partial charge in [-0.15, -0.1) is 10.2 Å². The maximum atomic E-state index is 4.61. The predicted octanol–water partition coefficient (Wildman–Crippen LogP) is 3.36. The molecule has 6 nitrogen and oxygen atoms in total. The van der Waals surface area contributed by atoms with E-state index in [2.05, 4.69) is 44.0 Å². The van der Waals surface area contributed by atoms with Crippen molar-refractivity contribution in [3.05, 3.63) is 24.5 Å². The molecule has 0 aromatic carbocycles. The van der Waals surface area contributed by atoms with Crippen LogP contribution in [0.3, 0.4) is 0 Å². The third-order valence-electron chi connectivity index (χ3n) is 7.23. The summed E-state index contributed by atoms with van der Waals surface area (Å²) in [5.41, 5.74) is 0.843. The van der Waals surface area contributed by atoms with Crippen LogP contribution >= 0.6 is 0 Å². The Bertz CT molecular complexity index is 800. The standard InChI is InChI=1S/C22H32N6/c1-3-6-19-16-13-17(20-7-4-5-11-28(19)20)15-27(14-16)21-9-8-18(24-25-21)22-23-10-12-26(22)2/h8-10,12,16-17,19-20H,3-7,11,13-15H2,1-2H3/t16-,17+,19-,20-/m0/s1. The van der Waals surface area contributed by atoms with Gasteiger partial charge in [0.1, 0.15) is 5.69 Å². The summed E-state index contributed by atoms with van der Waals surface area (Å²) in [4.78, 5) is 9.81. The van der Waals surface area contributed by atoms with Crippen LogP contribution < -0.4 is 4.90 Å². The van der Waals surface area contributed by atoms with Crippen LogP contribution in [0.4, 0.5) is 5.82 Å². The van der Waals surface area contributed by atoms with E-state index in [-0.39, 0.29) is 0 Å². The van der Waals surface area contributed by atoms with E-state index < -0.39 is 0 Å². The zero-order chi connectivity index (χ0) is 19.1. The molecule has 2 bridgehead atoms. The van der Waals surface area contributed by atoms with Crippen LogP contribution in [0.1, 0.15) is 45.4 Å². The molecule has 0 amide bonds. The Hall–Kier alpha value is -1.95. The van der Waals surface area contributed by atoms with Crippen LogP contribution in [0.25, 0.3) is 11.5 Å². The van der Waals surface area contributed by atoms with Crippen molar-refractivity contribution in [3.8, 4) is 11.5 Å². The number of anilines is 1. The van der Waals surface area contributed by atoms with Gasteiger partial charge in [-0.1, -0.05) is 19.8 Å². The average molecular weight is 381 g/mol. The van der Waals surface area contributed by atoms with Crippen molar-refractivity contribution in [1.82, 2.24) is 24.6 Å². The van der Waals surface area contributed by atoms with E-state index in [1.807, 2.05) is 17.8 Å². The van der Waals surface area contributed by atoms with Gasteiger partial charge >= 0.3 is 0 Å². The summed E-state index contributed by atoms with van der Waals surface area (Å²) >= 11 is 0. The van der Waals surface area contributed by atoms with E-state index >= 15 is 0 Å². The SMILES string of the molecule is CCC[C@H]1[C@H]2C[C@H](CN(c3ccc(-c4nccn4C)nn3)C2)[C@@H]2CCCCN21. The second-order valence-corrected chi connectivity index (χ2v) is 8.96. The fourth-order valence-corrected chi connectivity index (χ4v) is 6.01. The Kier molecular flexibility index (Phi) is 4.83. The van der Waals surface area contributed by atoms with Gasteiger partial charge in [-0.2, -0.15) is 0 Å². The number of rotatable bonds is 4. The molecule has 5 heterocycles. The molecule has 0 radical (unpaired) electrons. The largest absolute Gasteiger partial charge is 0.354 e. The predicted molar refractivity (Wildman–Crippen MR) is 111 cm³/mol. The topological polar surface area (TPSA) is 50.1 Å². The molecule has 0 unspecified atom stereocenters. The van der Waals surface area contributed by atoms with E-state index in [9.17, 15) is 0 Å². The molecular formula is C22H32N6. The third kappa shape index (κ3) is 3.11. The molecular weight excluding hydrogens is 348 g/mol. The van der Waals surface area contributed by atoms with E-state index in [0.717, 1.165) is 54.3 Å². The minimum atomic E-state index is 0.758. The summed E-state index contributed by atoms with van der Waals surface area (Å²) in [7, 11) is 1.99. The van der Waals surface area contributed by atoms with Gasteiger partial charge in [0.2, 0.25) is 0 Å². The molecule has 28 heavy (non-hydrogen) atoms. The quantitative estimate of drug-likeness (QED) is 0.814. The number of nitrogens with zero attached hydrogens (tertiary/aromatic N) is 6. The molecule has 0 spiro atoms. The van der Waals surface area contributed by atoms with Gasteiger partial charge < -0.3 is 9.47 Å². The lowest BCUT2D eigenvalue weighted by Gasteiger charge is -2.57. The Morgan fingerprint density at radius 1 is 1.11 bits per heavy atom. The maximum absolute atomic E-state index is 4.61. The molecule has 3 fully saturated rings. The Balaban J connectivity index is 1.38. The molecule has 3 saturated heterocycles. The number of aryl methyl sites for hydroxylation is 1. The van der Waals surface area contributed by atoms with Crippen molar-refractivity contribution in [3.63, 3.8) is 0 Å². The van der Waals surface area contributed by atoms with Gasteiger partial charge in [-0.25, -0.2) is 4.98 Å². The van der Waals surface area contributed by atoms with Crippen molar-refractivity contribution in [1.29, 1.82) is 0 Å². The molecule has 0 aliphatic carbocycles. The first-order valence-corrected chi connectivity index (χ1v) is 11.1. The number of hydrogen-bond acceptors (Lipinski definition) is 5. The van der Waals surface area contributed by atoms with Crippen molar-refractivity contribution in [2.75, 3.05) is 24.5 Å². The first-order chi connectivity index (χ1) is 13.7. The number of piperidine rings is 3. The Labute approximate surface area is 168 Å². The van der Waals surface area contributed by atoms with Gasteiger partial charge in [0.15, 0.2) is 11.6 Å². The van der Waals surface area contributed by atoms with Gasteiger partial charge in [-0.3, -0.25) is 4.90 Å². The van der Waals surface area contributed by atoms with Crippen LogP contribution in [0.15, 0.2) is 24.5 Å². The lowest BCUT2D eigenvalue weighted by Crippen LogP contribution is -2.63. The van der Waals surface area contributed by atoms with Crippen LogP contribution in [-0.2, 0) is 7.05 Å². The molecule has 4 atom stereocenters. The molecule has 0 saturated carbocycles. The van der Waals surface area contributed by atoms with Crippen molar-refractivity contribution in [2.45, 2.75) is 57.5 Å². The Morgan fingerprint density at radius 3 is 2.75 bits per heavy atom. The lowest BCUT2D eigenvalue weighted by molar-refractivity contribution is -0.0354. The zero-order valence-electron chi connectivity index (χ0n) is 17.2. The highest BCUT2D eigenvalue weighted by atomic mass is 15.3. The van der Waals surface area contributed by atoms with E-state index in [4.69, 9.17) is 0 Å². The molecule has 0 N–H and O–H groups in total. The summed E-state index contributed by atoms with van der Waals surface area (Å²) in [6.07, 6.45) is 12.0. The molecule has 150 valence electrons. The summed E-state index contributed by atoms with van der Waals surface area (Å²) in [6.45, 7) is 5.92. The summed E-state index contributed by atoms with van der Waals surface area (Å²) in [5, 5.41) is 9.11. The smallest absolute Gasteiger partial charge is 0.160 e. The molecule has 5 rings (SSSR count). The van der Waals surface area contributed by atoms with Crippen molar-refractivity contribution < 1.29 is 0 Å². The fraction of sp³-hybridized carbons (Fsp3) is 0.682.